The number of Topliss-reactive ketones (excluding diaryl/α,β-unsaturated/α-hetero) is 1. The van der Waals surface area contributed by atoms with E-state index in [1.165, 1.54) is 0 Å². The minimum Gasteiger partial charge on any atom is -0.369 e. The van der Waals surface area contributed by atoms with Gasteiger partial charge in [0.1, 0.15) is 0 Å². The summed E-state index contributed by atoms with van der Waals surface area (Å²) in [5.74, 6) is -0.292. The molecular weight excluding hydrogens is 264 g/mol. The highest BCUT2D eigenvalue weighted by Gasteiger charge is 2.26. The van der Waals surface area contributed by atoms with Gasteiger partial charge >= 0.3 is 0 Å². The van der Waals surface area contributed by atoms with Crippen molar-refractivity contribution in [3.8, 4) is 0 Å². The number of carbonyl (C=O) groups excluding carboxylic acids is 2. The van der Waals surface area contributed by atoms with E-state index in [0.29, 0.717) is 6.04 Å². The first kappa shape index (κ1) is 15.7. The minimum absolute atomic E-state index is 0.0735. The van der Waals surface area contributed by atoms with Gasteiger partial charge in [-0.25, -0.2) is 0 Å². The van der Waals surface area contributed by atoms with E-state index >= 15 is 0 Å². The Bertz CT molecular complexity index is 534. The third-order valence-electron chi connectivity index (χ3n) is 4.24. The zero-order valence-corrected chi connectivity index (χ0v) is 12.9. The van der Waals surface area contributed by atoms with E-state index in [-0.39, 0.29) is 24.8 Å². The van der Waals surface area contributed by atoms with E-state index in [4.69, 9.17) is 5.73 Å². The van der Waals surface area contributed by atoms with Crippen molar-refractivity contribution in [3.05, 3.63) is 34.9 Å². The summed E-state index contributed by atoms with van der Waals surface area (Å²) in [5.41, 5.74) is 8.15. The molecule has 0 spiro atoms. The molecule has 0 saturated heterocycles. The summed E-state index contributed by atoms with van der Waals surface area (Å²) >= 11 is 0. The summed E-state index contributed by atoms with van der Waals surface area (Å²) in [6, 6.07) is 6.21. The Kier molecular flexibility index (Phi) is 5.12. The Hall–Kier alpha value is -1.68. The molecule has 21 heavy (non-hydrogen) atoms. The van der Waals surface area contributed by atoms with Crippen LogP contribution in [0.5, 0.6) is 0 Å². The summed E-state index contributed by atoms with van der Waals surface area (Å²) in [6.07, 6.45) is 4.43. The van der Waals surface area contributed by atoms with Gasteiger partial charge in [0.05, 0.1) is 13.1 Å². The molecule has 4 heteroatoms. The molecule has 1 amide bonds. The average molecular weight is 288 g/mol. The molecule has 0 heterocycles. The van der Waals surface area contributed by atoms with Crippen molar-refractivity contribution in [2.45, 2.75) is 45.6 Å². The van der Waals surface area contributed by atoms with E-state index < -0.39 is 0 Å². The van der Waals surface area contributed by atoms with Gasteiger partial charge in [0.2, 0.25) is 5.91 Å². The van der Waals surface area contributed by atoms with Gasteiger partial charge in [-0.05, 0) is 38.3 Å². The maximum absolute atomic E-state index is 12.6. The third kappa shape index (κ3) is 4.14. The Balaban J connectivity index is 2.13. The van der Waals surface area contributed by atoms with Gasteiger partial charge in [-0.3, -0.25) is 14.5 Å². The van der Waals surface area contributed by atoms with Crippen LogP contribution >= 0.6 is 0 Å². The van der Waals surface area contributed by atoms with Crippen molar-refractivity contribution >= 4 is 11.7 Å². The van der Waals surface area contributed by atoms with Crippen molar-refractivity contribution in [3.63, 3.8) is 0 Å². The number of primary amides is 1. The second kappa shape index (κ2) is 6.85. The third-order valence-corrected chi connectivity index (χ3v) is 4.24. The molecule has 1 aliphatic rings. The number of carbonyl (C=O) groups is 2. The van der Waals surface area contributed by atoms with Gasteiger partial charge in [-0.15, -0.1) is 0 Å². The van der Waals surface area contributed by atoms with Gasteiger partial charge < -0.3 is 5.73 Å². The molecule has 4 nitrogen and oxygen atoms in total. The van der Waals surface area contributed by atoms with E-state index in [0.717, 1.165) is 42.4 Å². The molecule has 1 aromatic rings. The van der Waals surface area contributed by atoms with Gasteiger partial charge in [0.15, 0.2) is 5.78 Å². The lowest BCUT2D eigenvalue weighted by Crippen LogP contribution is -2.43. The quantitative estimate of drug-likeness (QED) is 0.816. The monoisotopic (exact) mass is 288 g/mol. The van der Waals surface area contributed by atoms with Crippen molar-refractivity contribution in [1.29, 1.82) is 0 Å². The Labute approximate surface area is 126 Å². The van der Waals surface area contributed by atoms with E-state index in [9.17, 15) is 9.59 Å². The molecule has 1 aliphatic carbocycles. The fourth-order valence-electron chi connectivity index (χ4n) is 3.09. The second-order valence-electron chi connectivity index (χ2n) is 6.05. The predicted molar refractivity (Wildman–Crippen MR) is 83.3 cm³/mol. The number of rotatable bonds is 6. The maximum Gasteiger partial charge on any atom is 0.231 e. The van der Waals surface area contributed by atoms with E-state index in [2.05, 4.69) is 0 Å². The molecule has 0 atom stereocenters. The highest BCUT2D eigenvalue weighted by molar-refractivity contribution is 5.99. The van der Waals surface area contributed by atoms with Crippen LogP contribution in [0, 0.1) is 13.8 Å². The topological polar surface area (TPSA) is 63.4 Å². The lowest BCUT2D eigenvalue weighted by atomic mass is 10.0. The second-order valence-corrected chi connectivity index (χ2v) is 6.05. The molecule has 0 unspecified atom stereocenters. The summed E-state index contributed by atoms with van der Waals surface area (Å²) in [4.78, 5) is 25.8. The largest absolute Gasteiger partial charge is 0.369 e. The van der Waals surface area contributed by atoms with Crippen LogP contribution in [0.2, 0.25) is 0 Å². The molecule has 1 saturated carbocycles. The molecule has 0 bridgehead atoms. The number of hydrogen-bond acceptors (Lipinski definition) is 3. The molecule has 1 fully saturated rings. The summed E-state index contributed by atoms with van der Waals surface area (Å²) in [7, 11) is 0. The first-order chi connectivity index (χ1) is 9.97. The zero-order chi connectivity index (χ0) is 15.4. The Morgan fingerprint density at radius 3 is 2.48 bits per heavy atom. The van der Waals surface area contributed by atoms with Crippen molar-refractivity contribution in [2.75, 3.05) is 13.1 Å². The van der Waals surface area contributed by atoms with Crippen molar-refractivity contribution in [1.82, 2.24) is 4.90 Å². The lowest BCUT2D eigenvalue weighted by molar-refractivity contribution is -0.119. The maximum atomic E-state index is 12.6. The first-order valence-corrected chi connectivity index (χ1v) is 7.60. The van der Waals surface area contributed by atoms with Crippen molar-refractivity contribution < 1.29 is 9.59 Å². The Morgan fingerprint density at radius 2 is 1.86 bits per heavy atom. The number of amides is 1. The number of ketones is 1. The summed E-state index contributed by atoms with van der Waals surface area (Å²) < 4.78 is 0. The zero-order valence-electron chi connectivity index (χ0n) is 12.9. The van der Waals surface area contributed by atoms with Gasteiger partial charge in [-0.2, -0.15) is 0 Å². The van der Waals surface area contributed by atoms with Gasteiger partial charge in [0.25, 0.3) is 0 Å². The first-order valence-electron chi connectivity index (χ1n) is 7.60. The van der Waals surface area contributed by atoms with Crippen LogP contribution < -0.4 is 5.73 Å². The van der Waals surface area contributed by atoms with Crippen LogP contribution in [-0.2, 0) is 4.79 Å². The van der Waals surface area contributed by atoms with Crippen LogP contribution in [0.25, 0.3) is 0 Å². The molecule has 2 rings (SSSR count). The fraction of sp³-hybridized carbons (Fsp3) is 0.529. The van der Waals surface area contributed by atoms with E-state index in [1.54, 1.807) is 0 Å². The minimum atomic E-state index is -0.365. The Morgan fingerprint density at radius 1 is 1.19 bits per heavy atom. The van der Waals surface area contributed by atoms with Gasteiger partial charge in [0, 0.05) is 11.6 Å². The lowest BCUT2D eigenvalue weighted by Gasteiger charge is -2.27. The molecule has 0 aromatic heterocycles. The molecule has 2 N–H and O–H groups in total. The number of benzene rings is 1. The van der Waals surface area contributed by atoms with E-state index in [1.807, 2.05) is 36.9 Å². The van der Waals surface area contributed by atoms with Crippen LogP contribution in [0.4, 0.5) is 0 Å². The molecule has 114 valence electrons. The number of nitrogens with two attached hydrogens (primary N) is 1. The molecule has 1 aromatic carbocycles. The van der Waals surface area contributed by atoms with Gasteiger partial charge in [-0.1, -0.05) is 30.5 Å². The number of aryl methyl sites for hydroxylation is 2. The van der Waals surface area contributed by atoms with Crippen LogP contribution in [0.15, 0.2) is 18.2 Å². The van der Waals surface area contributed by atoms with Crippen LogP contribution in [-0.4, -0.2) is 35.7 Å². The van der Waals surface area contributed by atoms with Crippen LogP contribution in [0.1, 0.15) is 47.2 Å². The summed E-state index contributed by atoms with van der Waals surface area (Å²) in [5, 5.41) is 0. The number of nitrogens with zero attached hydrogens (tertiary/aromatic N) is 1. The smallest absolute Gasteiger partial charge is 0.231 e. The predicted octanol–water partition coefficient (Wildman–Crippen LogP) is 2.22. The number of hydrogen-bond donors (Lipinski definition) is 1. The van der Waals surface area contributed by atoms with Crippen molar-refractivity contribution in [2.24, 2.45) is 5.73 Å². The highest BCUT2D eigenvalue weighted by Crippen LogP contribution is 2.24. The average Bonchev–Trinajstić information content (AvgIpc) is 2.94. The summed E-state index contributed by atoms with van der Waals surface area (Å²) in [6.45, 7) is 4.37. The molecule has 0 radical (unpaired) electrons. The highest BCUT2D eigenvalue weighted by atomic mass is 16.1. The van der Waals surface area contributed by atoms with Crippen LogP contribution in [0.3, 0.4) is 0 Å². The molecular formula is C17H24N2O2. The normalized spacial score (nSPS) is 15.6. The molecule has 0 aliphatic heterocycles. The fourth-order valence-corrected chi connectivity index (χ4v) is 3.09. The SMILES string of the molecule is Cc1ccc(C)c(C(=O)CN(CC(N)=O)C2CCCC2)c1. The standard InChI is InChI=1S/C17H24N2O2/c1-12-7-8-13(2)15(9-12)16(20)10-19(11-17(18)21)14-5-3-4-6-14/h7-9,14H,3-6,10-11H2,1-2H3,(H2,18,21).